The predicted octanol–water partition coefficient (Wildman–Crippen LogP) is 1.96. The maximum Gasteiger partial charge on any atom is 0.0793 e. The first kappa shape index (κ1) is 9.71. The summed E-state index contributed by atoms with van der Waals surface area (Å²) in [6.45, 7) is 6.60. The highest BCUT2D eigenvalue weighted by molar-refractivity contribution is 5.07. The number of aromatic nitrogens is 2. The van der Waals surface area contributed by atoms with Crippen LogP contribution < -0.4 is 5.32 Å². The molecule has 3 nitrogen and oxygen atoms in total. The molecular formula is C11H19N3. The Morgan fingerprint density at radius 1 is 1.64 bits per heavy atom. The fourth-order valence-corrected chi connectivity index (χ4v) is 1.98. The van der Waals surface area contributed by atoms with Crippen molar-refractivity contribution in [3.63, 3.8) is 0 Å². The number of hydrogen-bond acceptors (Lipinski definition) is 2. The first-order valence-electron chi connectivity index (χ1n) is 5.52. The van der Waals surface area contributed by atoms with Crippen LogP contribution in [0.3, 0.4) is 0 Å². The quantitative estimate of drug-likeness (QED) is 0.795. The van der Waals surface area contributed by atoms with Gasteiger partial charge in [-0.05, 0) is 31.4 Å². The minimum Gasteiger partial charge on any atom is -0.309 e. The van der Waals surface area contributed by atoms with Gasteiger partial charge < -0.3 is 5.32 Å². The van der Waals surface area contributed by atoms with Crippen LogP contribution in [-0.4, -0.2) is 16.3 Å². The summed E-state index contributed by atoms with van der Waals surface area (Å²) in [6, 6.07) is 2.65. The van der Waals surface area contributed by atoms with Crippen LogP contribution in [0, 0.1) is 5.92 Å². The lowest BCUT2D eigenvalue weighted by Crippen LogP contribution is -2.14. The van der Waals surface area contributed by atoms with Gasteiger partial charge in [0.2, 0.25) is 0 Å². The van der Waals surface area contributed by atoms with Gasteiger partial charge in [-0.3, -0.25) is 4.68 Å². The second-order valence-electron chi connectivity index (χ2n) is 4.51. The minimum atomic E-state index is 0.503. The van der Waals surface area contributed by atoms with Crippen LogP contribution in [-0.2, 0) is 6.54 Å². The van der Waals surface area contributed by atoms with Crippen LogP contribution in [0.5, 0.6) is 0 Å². The molecule has 1 saturated heterocycles. The third-order valence-electron chi connectivity index (χ3n) is 2.63. The standard InChI is InChI=1S/C11H19N3/c1-9(2)8-14-7-5-11(13-14)10-4-3-6-12-10/h5,7,9-10,12H,3-4,6,8H2,1-2H3/t10-/m1/s1. The zero-order valence-corrected chi connectivity index (χ0v) is 9.03. The summed E-state index contributed by atoms with van der Waals surface area (Å²) in [4.78, 5) is 0. The maximum absolute atomic E-state index is 4.59. The monoisotopic (exact) mass is 193 g/mol. The summed E-state index contributed by atoms with van der Waals surface area (Å²) in [5, 5.41) is 8.05. The van der Waals surface area contributed by atoms with Gasteiger partial charge in [0.15, 0.2) is 0 Å². The molecule has 1 N–H and O–H groups in total. The molecule has 0 aliphatic carbocycles. The van der Waals surface area contributed by atoms with Crippen molar-refractivity contribution in [2.75, 3.05) is 6.54 Å². The summed E-state index contributed by atoms with van der Waals surface area (Å²) >= 11 is 0. The smallest absolute Gasteiger partial charge is 0.0793 e. The molecule has 2 rings (SSSR count). The zero-order chi connectivity index (χ0) is 9.97. The molecule has 1 aliphatic heterocycles. The van der Waals surface area contributed by atoms with Crippen molar-refractivity contribution in [1.82, 2.24) is 15.1 Å². The van der Waals surface area contributed by atoms with E-state index in [1.165, 1.54) is 18.5 Å². The van der Waals surface area contributed by atoms with E-state index >= 15 is 0 Å². The highest BCUT2D eigenvalue weighted by atomic mass is 15.3. The maximum atomic E-state index is 4.59. The van der Waals surface area contributed by atoms with E-state index in [0.717, 1.165) is 13.1 Å². The van der Waals surface area contributed by atoms with E-state index in [9.17, 15) is 0 Å². The molecule has 1 atom stereocenters. The largest absolute Gasteiger partial charge is 0.309 e. The number of rotatable bonds is 3. The summed E-state index contributed by atoms with van der Waals surface area (Å²) in [7, 11) is 0. The minimum absolute atomic E-state index is 0.503. The summed E-state index contributed by atoms with van der Waals surface area (Å²) in [5.41, 5.74) is 1.21. The average molecular weight is 193 g/mol. The molecule has 0 saturated carbocycles. The predicted molar refractivity (Wildman–Crippen MR) is 57.0 cm³/mol. The van der Waals surface area contributed by atoms with Crippen molar-refractivity contribution in [3.8, 4) is 0 Å². The molecule has 1 fully saturated rings. The first-order chi connectivity index (χ1) is 6.75. The Bertz CT molecular complexity index is 284. The molecule has 0 unspecified atom stereocenters. The van der Waals surface area contributed by atoms with Gasteiger partial charge in [-0.15, -0.1) is 0 Å². The van der Waals surface area contributed by atoms with Crippen LogP contribution in [0.15, 0.2) is 12.3 Å². The Balaban J connectivity index is 2.01. The van der Waals surface area contributed by atoms with Gasteiger partial charge in [-0.2, -0.15) is 5.10 Å². The SMILES string of the molecule is CC(C)Cn1ccc([C@H]2CCCN2)n1. The molecule has 0 bridgehead atoms. The molecule has 78 valence electrons. The molecule has 2 heterocycles. The van der Waals surface area contributed by atoms with E-state index in [4.69, 9.17) is 0 Å². The second kappa shape index (κ2) is 4.13. The van der Waals surface area contributed by atoms with Crippen molar-refractivity contribution in [2.24, 2.45) is 5.92 Å². The second-order valence-corrected chi connectivity index (χ2v) is 4.51. The van der Waals surface area contributed by atoms with Crippen molar-refractivity contribution in [3.05, 3.63) is 18.0 Å². The Kier molecular flexibility index (Phi) is 2.87. The van der Waals surface area contributed by atoms with Crippen LogP contribution in [0.4, 0.5) is 0 Å². The van der Waals surface area contributed by atoms with E-state index < -0.39 is 0 Å². The zero-order valence-electron chi connectivity index (χ0n) is 9.03. The normalized spacial score (nSPS) is 22.1. The Morgan fingerprint density at radius 2 is 2.50 bits per heavy atom. The molecule has 1 aromatic rings. The van der Waals surface area contributed by atoms with Crippen LogP contribution in [0.2, 0.25) is 0 Å². The number of nitrogens with zero attached hydrogens (tertiary/aromatic N) is 2. The Hall–Kier alpha value is -0.830. The Morgan fingerprint density at radius 3 is 3.14 bits per heavy atom. The van der Waals surface area contributed by atoms with E-state index in [2.05, 4.69) is 41.2 Å². The van der Waals surface area contributed by atoms with Crippen LogP contribution >= 0.6 is 0 Å². The topological polar surface area (TPSA) is 29.9 Å². The highest BCUT2D eigenvalue weighted by Crippen LogP contribution is 2.20. The molecular weight excluding hydrogens is 174 g/mol. The van der Waals surface area contributed by atoms with Gasteiger partial charge >= 0.3 is 0 Å². The lowest BCUT2D eigenvalue weighted by molar-refractivity contribution is 0.473. The molecule has 0 aromatic carbocycles. The van der Waals surface area contributed by atoms with Gasteiger partial charge in [-0.25, -0.2) is 0 Å². The molecule has 0 spiro atoms. The van der Waals surface area contributed by atoms with Crippen LogP contribution in [0.25, 0.3) is 0 Å². The van der Waals surface area contributed by atoms with Crippen molar-refractivity contribution >= 4 is 0 Å². The third-order valence-corrected chi connectivity index (χ3v) is 2.63. The number of hydrogen-bond donors (Lipinski definition) is 1. The van der Waals surface area contributed by atoms with Gasteiger partial charge in [0, 0.05) is 12.7 Å². The van der Waals surface area contributed by atoms with E-state index in [1.54, 1.807) is 0 Å². The highest BCUT2D eigenvalue weighted by Gasteiger charge is 2.18. The Labute approximate surface area is 85.5 Å². The van der Waals surface area contributed by atoms with Crippen molar-refractivity contribution in [1.29, 1.82) is 0 Å². The van der Waals surface area contributed by atoms with Crippen LogP contribution in [0.1, 0.15) is 38.4 Å². The van der Waals surface area contributed by atoms with Gasteiger partial charge in [0.05, 0.1) is 11.7 Å². The van der Waals surface area contributed by atoms with E-state index in [-0.39, 0.29) is 0 Å². The lowest BCUT2D eigenvalue weighted by Gasteiger charge is -2.07. The van der Waals surface area contributed by atoms with Gasteiger partial charge in [-0.1, -0.05) is 13.8 Å². The fourth-order valence-electron chi connectivity index (χ4n) is 1.98. The van der Waals surface area contributed by atoms with E-state index in [1.807, 2.05) is 0 Å². The molecule has 0 amide bonds. The summed E-state index contributed by atoms with van der Waals surface area (Å²) in [5.74, 6) is 0.666. The van der Waals surface area contributed by atoms with Gasteiger partial charge in [0.1, 0.15) is 0 Å². The molecule has 3 heteroatoms. The third kappa shape index (κ3) is 2.15. The first-order valence-corrected chi connectivity index (χ1v) is 5.52. The van der Waals surface area contributed by atoms with Gasteiger partial charge in [0.25, 0.3) is 0 Å². The van der Waals surface area contributed by atoms with E-state index in [0.29, 0.717) is 12.0 Å². The molecule has 1 aromatic heterocycles. The summed E-state index contributed by atoms with van der Waals surface area (Å²) < 4.78 is 2.06. The van der Waals surface area contributed by atoms with Crippen molar-refractivity contribution < 1.29 is 0 Å². The fraction of sp³-hybridized carbons (Fsp3) is 0.727. The molecule has 14 heavy (non-hydrogen) atoms. The summed E-state index contributed by atoms with van der Waals surface area (Å²) in [6.07, 6.45) is 4.61. The lowest BCUT2D eigenvalue weighted by atomic mass is 10.2. The average Bonchev–Trinajstić information content (AvgIpc) is 2.69. The number of nitrogens with one attached hydrogen (secondary N) is 1. The van der Waals surface area contributed by atoms with Crippen molar-refractivity contribution in [2.45, 2.75) is 39.3 Å². The molecule has 1 aliphatic rings. The molecule has 0 radical (unpaired) electrons.